The third-order valence-electron chi connectivity index (χ3n) is 4.80. The molecule has 1 aliphatic heterocycles. The molecule has 14 heteroatoms. The summed E-state index contributed by atoms with van der Waals surface area (Å²) in [6.07, 6.45) is -5.08. The van der Waals surface area contributed by atoms with Crippen LogP contribution in [0.3, 0.4) is 0 Å². The summed E-state index contributed by atoms with van der Waals surface area (Å²) in [4.78, 5) is 72.5. The molecule has 0 aromatic heterocycles. The average molecular weight is 534 g/mol. The number of carboxylic acids is 1. The summed E-state index contributed by atoms with van der Waals surface area (Å²) >= 11 is 0.883. The molecule has 2 amide bonds. The summed E-state index contributed by atoms with van der Waals surface area (Å²) in [5, 5.41) is 15.8. The Kier molecular flexibility index (Phi) is 12.1. The van der Waals surface area contributed by atoms with Crippen molar-refractivity contribution in [3.05, 3.63) is 0 Å². The highest BCUT2D eigenvalue weighted by molar-refractivity contribution is 8.13. The van der Waals surface area contributed by atoms with E-state index in [1.165, 1.54) is 13.8 Å². The minimum atomic E-state index is -1.54. The van der Waals surface area contributed by atoms with Crippen molar-refractivity contribution in [1.82, 2.24) is 10.6 Å². The molecule has 0 aromatic rings. The predicted molar refractivity (Wildman–Crippen MR) is 125 cm³/mol. The summed E-state index contributed by atoms with van der Waals surface area (Å²) in [5.74, 6) is -3.11. The van der Waals surface area contributed by atoms with Gasteiger partial charge in [0.15, 0.2) is 17.3 Å². The number of hydrogen-bond acceptors (Lipinski definition) is 11. The highest BCUT2D eigenvalue weighted by Crippen LogP contribution is 2.26. The second-order valence-corrected chi connectivity index (χ2v) is 11.1. The number of carbonyl (C=O) groups excluding carboxylic acids is 6. The van der Waals surface area contributed by atoms with Crippen molar-refractivity contribution in [3.8, 4) is 0 Å². The lowest BCUT2D eigenvalue weighted by atomic mass is 9.86. The molecule has 0 spiro atoms. The van der Waals surface area contributed by atoms with E-state index in [9.17, 15) is 33.9 Å². The zero-order valence-electron chi connectivity index (χ0n) is 21.2. The van der Waals surface area contributed by atoms with Crippen molar-refractivity contribution in [1.29, 1.82) is 0 Å². The lowest BCUT2D eigenvalue weighted by Gasteiger charge is -2.33. The average Bonchev–Trinajstić information content (AvgIpc) is 2.71. The molecule has 1 saturated heterocycles. The number of hydrogen-bond donors (Lipinski definition) is 2. The van der Waals surface area contributed by atoms with Gasteiger partial charge in [-0.2, -0.15) is 0 Å². The Bertz CT molecular complexity index is 840. The van der Waals surface area contributed by atoms with Crippen LogP contribution in [0.2, 0.25) is 0 Å². The minimum absolute atomic E-state index is 0.0614. The number of aliphatic carboxylic acids is 1. The molecule has 0 bridgehead atoms. The first-order valence-electron chi connectivity index (χ1n) is 11.3. The molecule has 1 heterocycles. The number of likely N-dealkylation sites (N-methyl/N-ethyl adjacent to an activating group) is 1. The molecular formula is C22H35N3O10S. The van der Waals surface area contributed by atoms with Crippen molar-refractivity contribution in [2.24, 2.45) is 5.41 Å². The molecule has 2 N–H and O–H groups in total. The Morgan fingerprint density at radius 1 is 1.17 bits per heavy atom. The van der Waals surface area contributed by atoms with Crippen LogP contribution in [0.5, 0.6) is 0 Å². The van der Waals surface area contributed by atoms with Crippen LogP contribution in [-0.2, 0) is 38.2 Å². The zero-order valence-corrected chi connectivity index (χ0v) is 22.1. The van der Waals surface area contributed by atoms with Crippen molar-refractivity contribution < 1.29 is 52.6 Å². The lowest BCUT2D eigenvalue weighted by molar-refractivity contribution is -0.873. The fourth-order valence-electron chi connectivity index (χ4n) is 3.17. The molecule has 0 aromatic carbocycles. The number of carbonyl (C=O) groups is 6. The Labute approximate surface area is 214 Å². The number of thioether (sulfide) groups is 1. The molecule has 1 rings (SSSR count). The SMILES string of the molecule is CC1(C)COC(=O)CC(=O)SCCNC(=O)CCNC(=O)[C@@H]1OC(=O)O[C@H](CC(=O)[O-])C[N+](C)(C)C. The number of carboxylic acid groups (broad SMARTS) is 1. The maximum Gasteiger partial charge on any atom is 0.509 e. The first kappa shape index (κ1) is 31.2. The monoisotopic (exact) mass is 533 g/mol. The molecule has 2 atom stereocenters. The van der Waals surface area contributed by atoms with E-state index in [1.54, 1.807) is 21.1 Å². The number of esters is 1. The van der Waals surface area contributed by atoms with Crippen LogP contribution >= 0.6 is 11.8 Å². The molecule has 1 aliphatic rings. The first-order chi connectivity index (χ1) is 16.6. The van der Waals surface area contributed by atoms with E-state index in [0.717, 1.165) is 11.8 Å². The molecule has 36 heavy (non-hydrogen) atoms. The largest absolute Gasteiger partial charge is 0.550 e. The lowest BCUT2D eigenvalue weighted by Crippen LogP contribution is -2.50. The van der Waals surface area contributed by atoms with Crippen LogP contribution in [0.4, 0.5) is 4.79 Å². The second-order valence-electron chi connectivity index (χ2n) is 9.97. The molecule has 0 unspecified atom stereocenters. The van der Waals surface area contributed by atoms with Crippen molar-refractivity contribution >= 4 is 46.8 Å². The normalized spacial score (nSPS) is 21.4. The molecule has 0 saturated carbocycles. The van der Waals surface area contributed by atoms with Crippen molar-refractivity contribution in [2.45, 2.75) is 45.3 Å². The number of quaternary nitrogens is 1. The van der Waals surface area contributed by atoms with Crippen LogP contribution < -0.4 is 15.7 Å². The quantitative estimate of drug-likeness (QED) is 0.233. The van der Waals surface area contributed by atoms with E-state index in [4.69, 9.17) is 14.2 Å². The van der Waals surface area contributed by atoms with Gasteiger partial charge in [0.2, 0.25) is 5.91 Å². The zero-order chi connectivity index (χ0) is 27.5. The Balaban J connectivity index is 3.05. The third kappa shape index (κ3) is 12.7. The molecule has 1 fully saturated rings. The van der Waals surface area contributed by atoms with Crippen LogP contribution in [0.25, 0.3) is 0 Å². The molecule has 0 radical (unpaired) electrons. The molecule has 0 aliphatic carbocycles. The van der Waals surface area contributed by atoms with E-state index in [-0.39, 0.29) is 48.8 Å². The Hall–Kier alpha value is -2.87. The van der Waals surface area contributed by atoms with E-state index < -0.39 is 59.6 Å². The third-order valence-corrected chi connectivity index (χ3v) is 5.68. The van der Waals surface area contributed by atoms with Gasteiger partial charge in [0, 0.05) is 43.1 Å². The van der Waals surface area contributed by atoms with Crippen LogP contribution in [0, 0.1) is 5.41 Å². The number of amides is 2. The van der Waals surface area contributed by atoms with Crippen molar-refractivity contribution in [3.63, 3.8) is 0 Å². The topological polar surface area (TPSA) is 177 Å². The van der Waals surface area contributed by atoms with Gasteiger partial charge in [-0.3, -0.25) is 19.2 Å². The van der Waals surface area contributed by atoms with E-state index in [2.05, 4.69) is 10.6 Å². The standard InChI is InChI=1S/C22H35N3O10S/c1-22(2)13-33-17(29)11-18(30)36-9-8-23-15(26)6-7-24-20(31)19(22)35-21(32)34-14(10-16(27)28)12-25(3,4)5/h14,19H,6-13H2,1-5H3,(H2-,23,24,26,27,28,31)/t14-,19+/m1/s1. The Morgan fingerprint density at radius 2 is 1.83 bits per heavy atom. The second kappa shape index (κ2) is 14.0. The summed E-state index contributed by atoms with van der Waals surface area (Å²) in [6.45, 7) is 2.86. The maximum absolute atomic E-state index is 12.9. The number of cyclic esters (lactones) is 1. The van der Waals surface area contributed by atoms with Gasteiger partial charge in [0.25, 0.3) is 5.91 Å². The first-order valence-corrected chi connectivity index (χ1v) is 12.3. The van der Waals surface area contributed by atoms with Crippen LogP contribution in [0.15, 0.2) is 0 Å². The molecule has 13 nitrogen and oxygen atoms in total. The van der Waals surface area contributed by atoms with Gasteiger partial charge in [-0.1, -0.05) is 25.6 Å². The summed E-state index contributed by atoms with van der Waals surface area (Å²) in [6, 6.07) is 0. The minimum Gasteiger partial charge on any atom is -0.550 e. The predicted octanol–water partition coefficient (Wildman–Crippen LogP) is -1.42. The molecule has 204 valence electrons. The number of nitrogens with one attached hydrogen (secondary N) is 2. The highest BCUT2D eigenvalue weighted by Gasteiger charge is 2.41. The van der Waals surface area contributed by atoms with Gasteiger partial charge in [-0.05, 0) is 0 Å². The fraction of sp³-hybridized carbons (Fsp3) is 0.727. The van der Waals surface area contributed by atoms with E-state index in [1.807, 2.05) is 0 Å². The van der Waals surface area contributed by atoms with E-state index >= 15 is 0 Å². The summed E-state index contributed by atoms with van der Waals surface area (Å²) in [7, 11) is 5.30. The van der Waals surface area contributed by atoms with Gasteiger partial charge in [-0.25, -0.2) is 4.79 Å². The number of rotatable bonds is 6. The maximum atomic E-state index is 12.9. The summed E-state index contributed by atoms with van der Waals surface area (Å²) in [5.41, 5.74) is -1.28. The van der Waals surface area contributed by atoms with Gasteiger partial charge in [0.05, 0.1) is 21.1 Å². The number of nitrogens with zero attached hydrogens (tertiary/aromatic N) is 1. The van der Waals surface area contributed by atoms with Crippen LogP contribution in [0.1, 0.15) is 33.1 Å². The van der Waals surface area contributed by atoms with E-state index in [0.29, 0.717) is 0 Å². The molecular weight excluding hydrogens is 498 g/mol. The van der Waals surface area contributed by atoms with Crippen LogP contribution in [-0.4, -0.2) is 105 Å². The van der Waals surface area contributed by atoms with Gasteiger partial charge < -0.3 is 39.2 Å². The number of ether oxygens (including phenoxy) is 3. The smallest absolute Gasteiger partial charge is 0.509 e. The van der Waals surface area contributed by atoms with Gasteiger partial charge >= 0.3 is 12.1 Å². The summed E-state index contributed by atoms with van der Waals surface area (Å²) < 4.78 is 15.9. The Morgan fingerprint density at radius 3 is 2.44 bits per heavy atom. The van der Waals surface area contributed by atoms with Gasteiger partial charge in [0.1, 0.15) is 19.6 Å². The van der Waals surface area contributed by atoms with Crippen molar-refractivity contribution in [2.75, 3.05) is 53.1 Å². The fourth-order valence-corrected chi connectivity index (χ4v) is 3.82. The van der Waals surface area contributed by atoms with Gasteiger partial charge in [-0.15, -0.1) is 0 Å². The highest BCUT2D eigenvalue weighted by atomic mass is 32.2.